The summed E-state index contributed by atoms with van der Waals surface area (Å²) in [7, 11) is 0. The largest absolute Gasteiger partial charge is 0.486 e. The molecule has 0 radical (unpaired) electrons. The maximum Gasteiger partial charge on any atom is 0.355 e. The lowest BCUT2D eigenvalue weighted by molar-refractivity contribution is 0.0458. The van der Waals surface area contributed by atoms with Gasteiger partial charge in [-0.1, -0.05) is 23.4 Å². The molecular formula is C21H16N2O5. The van der Waals surface area contributed by atoms with Crippen LogP contribution in [0.3, 0.4) is 0 Å². The fourth-order valence-corrected chi connectivity index (χ4v) is 3.11. The predicted octanol–water partition coefficient (Wildman–Crippen LogP) is 3.95. The second-order valence-corrected chi connectivity index (χ2v) is 6.39. The summed E-state index contributed by atoms with van der Waals surface area (Å²) in [4.78, 5) is 15.3. The molecule has 4 aromatic rings. The number of nitrogens with one attached hydrogen (secondary N) is 1. The van der Waals surface area contributed by atoms with Crippen molar-refractivity contribution in [3.8, 4) is 22.8 Å². The number of benzene rings is 2. The fourth-order valence-electron chi connectivity index (χ4n) is 3.11. The molecule has 0 bridgehead atoms. The number of carbonyl (C=O) groups excluding carboxylic acids is 1. The lowest BCUT2D eigenvalue weighted by Crippen LogP contribution is -2.15. The molecule has 1 aliphatic rings. The van der Waals surface area contributed by atoms with Crippen molar-refractivity contribution in [2.45, 2.75) is 6.61 Å². The number of fused-ring (bicyclic) bond motifs is 2. The molecule has 1 N–H and O–H groups in total. The zero-order valence-electron chi connectivity index (χ0n) is 14.8. The number of rotatable bonds is 4. The van der Waals surface area contributed by atoms with E-state index in [1.807, 2.05) is 42.5 Å². The normalized spacial score (nSPS) is 12.9. The molecule has 0 spiro atoms. The van der Waals surface area contributed by atoms with E-state index in [2.05, 4.69) is 10.1 Å². The molecule has 3 heterocycles. The number of H-pyrrole nitrogens is 1. The van der Waals surface area contributed by atoms with E-state index >= 15 is 0 Å². The van der Waals surface area contributed by atoms with Crippen molar-refractivity contribution in [1.82, 2.24) is 10.1 Å². The Morgan fingerprint density at radius 1 is 1.04 bits per heavy atom. The molecule has 0 saturated carbocycles. The quantitative estimate of drug-likeness (QED) is 0.543. The second kappa shape index (κ2) is 6.77. The van der Waals surface area contributed by atoms with E-state index in [-0.39, 0.29) is 6.61 Å². The lowest BCUT2D eigenvalue weighted by Gasteiger charge is -2.18. The summed E-state index contributed by atoms with van der Waals surface area (Å²) in [6.07, 6.45) is 0. The molecule has 2 aromatic carbocycles. The number of esters is 1. The minimum absolute atomic E-state index is 0.0161. The summed E-state index contributed by atoms with van der Waals surface area (Å²) in [6, 6.07) is 16.7. The maximum atomic E-state index is 12.3. The van der Waals surface area contributed by atoms with Gasteiger partial charge < -0.3 is 23.7 Å². The van der Waals surface area contributed by atoms with Crippen molar-refractivity contribution in [3.63, 3.8) is 0 Å². The topological polar surface area (TPSA) is 86.6 Å². The highest BCUT2D eigenvalue weighted by atomic mass is 16.6. The molecule has 7 heteroatoms. The summed E-state index contributed by atoms with van der Waals surface area (Å²) in [5.74, 6) is 1.50. The van der Waals surface area contributed by atoms with Gasteiger partial charge in [0.05, 0.1) is 0 Å². The Morgan fingerprint density at radius 2 is 1.89 bits per heavy atom. The first-order valence-electron chi connectivity index (χ1n) is 8.87. The summed E-state index contributed by atoms with van der Waals surface area (Å²) in [5.41, 5.74) is 2.62. The molecule has 0 amide bonds. The summed E-state index contributed by atoms with van der Waals surface area (Å²) in [5, 5.41) is 4.93. The molecule has 0 unspecified atom stereocenters. The highest BCUT2D eigenvalue weighted by Crippen LogP contribution is 2.34. The molecular weight excluding hydrogens is 360 g/mol. The number of hydrogen-bond donors (Lipinski definition) is 1. The van der Waals surface area contributed by atoms with E-state index in [0.717, 1.165) is 16.5 Å². The molecule has 2 aromatic heterocycles. The number of carbonyl (C=O) groups is 1. The number of para-hydroxylation sites is 1. The molecule has 0 aliphatic carbocycles. The van der Waals surface area contributed by atoms with Crippen LogP contribution in [0.2, 0.25) is 0 Å². The van der Waals surface area contributed by atoms with Gasteiger partial charge in [0, 0.05) is 22.5 Å². The Morgan fingerprint density at radius 3 is 2.79 bits per heavy atom. The van der Waals surface area contributed by atoms with Crippen molar-refractivity contribution in [1.29, 1.82) is 0 Å². The number of hydrogen-bond acceptors (Lipinski definition) is 6. The van der Waals surface area contributed by atoms with Gasteiger partial charge in [0.2, 0.25) is 0 Å². The zero-order chi connectivity index (χ0) is 18.9. The van der Waals surface area contributed by atoms with E-state index in [1.165, 1.54) is 0 Å². The molecule has 140 valence electrons. The van der Waals surface area contributed by atoms with E-state index in [0.29, 0.717) is 41.9 Å². The van der Waals surface area contributed by atoms with Gasteiger partial charge in [-0.2, -0.15) is 0 Å². The number of ether oxygens (including phenoxy) is 3. The van der Waals surface area contributed by atoms with Crippen LogP contribution >= 0.6 is 0 Å². The average molecular weight is 376 g/mol. The van der Waals surface area contributed by atoms with Crippen molar-refractivity contribution < 1.29 is 23.5 Å². The van der Waals surface area contributed by atoms with Gasteiger partial charge in [0.15, 0.2) is 17.3 Å². The SMILES string of the molecule is O=C(OCc1cc(-c2ccc3c(c2)OCCO3)on1)c1cc2ccccc2[nH]1. The average Bonchev–Trinajstić information content (AvgIpc) is 3.39. The van der Waals surface area contributed by atoms with Gasteiger partial charge in [-0.25, -0.2) is 4.79 Å². The maximum absolute atomic E-state index is 12.3. The molecule has 1 aliphatic heterocycles. The summed E-state index contributed by atoms with van der Waals surface area (Å²) >= 11 is 0. The van der Waals surface area contributed by atoms with E-state index in [4.69, 9.17) is 18.7 Å². The van der Waals surface area contributed by atoms with E-state index in [1.54, 1.807) is 12.1 Å². The second-order valence-electron chi connectivity index (χ2n) is 6.39. The minimum Gasteiger partial charge on any atom is -0.486 e. The van der Waals surface area contributed by atoms with E-state index in [9.17, 15) is 4.79 Å². The Balaban J connectivity index is 1.28. The fraction of sp³-hybridized carbons (Fsp3) is 0.143. The highest BCUT2D eigenvalue weighted by Gasteiger charge is 2.16. The highest BCUT2D eigenvalue weighted by molar-refractivity contribution is 5.94. The van der Waals surface area contributed by atoms with Crippen molar-refractivity contribution in [2.75, 3.05) is 13.2 Å². The Bertz CT molecular complexity index is 1130. The smallest absolute Gasteiger partial charge is 0.355 e. The first kappa shape index (κ1) is 16.4. The third-order valence-corrected chi connectivity index (χ3v) is 4.49. The van der Waals surface area contributed by atoms with Gasteiger partial charge in [-0.3, -0.25) is 0 Å². The summed E-state index contributed by atoms with van der Waals surface area (Å²) in [6.45, 7) is 1.07. The third kappa shape index (κ3) is 3.07. The van der Waals surface area contributed by atoms with Crippen LogP contribution in [0.15, 0.2) is 59.1 Å². The Kier molecular flexibility index (Phi) is 3.97. The van der Waals surface area contributed by atoms with Crippen LogP contribution in [0, 0.1) is 0 Å². The molecule has 5 rings (SSSR count). The van der Waals surface area contributed by atoms with Crippen LogP contribution in [0.5, 0.6) is 11.5 Å². The van der Waals surface area contributed by atoms with Gasteiger partial charge in [0.1, 0.15) is 31.2 Å². The van der Waals surface area contributed by atoms with Crippen LogP contribution in [-0.4, -0.2) is 29.3 Å². The number of nitrogens with zero attached hydrogens (tertiary/aromatic N) is 1. The molecule has 0 atom stereocenters. The van der Waals surface area contributed by atoms with Gasteiger partial charge in [-0.15, -0.1) is 0 Å². The number of aromatic nitrogens is 2. The van der Waals surface area contributed by atoms with Gasteiger partial charge >= 0.3 is 5.97 Å². The van der Waals surface area contributed by atoms with Crippen LogP contribution in [-0.2, 0) is 11.3 Å². The Hall–Kier alpha value is -3.74. The molecule has 28 heavy (non-hydrogen) atoms. The monoisotopic (exact) mass is 376 g/mol. The van der Waals surface area contributed by atoms with Crippen LogP contribution in [0.4, 0.5) is 0 Å². The standard InChI is InChI=1S/C21H16N2O5/c24-21(17-9-13-3-1-2-4-16(13)22-17)27-12-15-11-19(28-23-15)14-5-6-18-20(10-14)26-8-7-25-18/h1-6,9-11,22H,7-8,12H2. The predicted molar refractivity (Wildman–Crippen MR) is 100 cm³/mol. The van der Waals surface area contributed by atoms with Crippen molar-refractivity contribution >= 4 is 16.9 Å². The minimum atomic E-state index is -0.444. The van der Waals surface area contributed by atoms with Crippen LogP contribution < -0.4 is 9.47 Å². The van der Waals surface area contributed by atoms with Gasteiger partial charge in [-0.05, 0) is 30.3 Å². The lowest BCUT2D eigenvalue weighted by atomic mass is 10.1. The first-order valence-corrected chi connectivity index (χ1v) is 8.87. The third-order valence-electron chi connectivity index (χ3n) is 4.49. The number of aromatic amines is 1. The zero-order valence-corrected chi connectivity index (χ0v) is 14.8. The van der Waals surface area contributed by atoms with Gasteiger partial charge in [0.25, 0.3) is 0 Å². The summed E-state index contributed by atoms with van der Waals surface area (Å²) < 4.78 is 21.8. The van der Waals surface area contributed by atoms with Crippen molar-refractivity contribution in [3.05, 3.63) is 66.0 Å². The van der Waals surface area contributed by atoms with E-state index < -0.39 is 5.97 Å². The van der Waals surface area contributed by atoms with Crippen LogP contribution in [0.1, 0.15) is 16.2 Å². The van der Waals surface area contributed by atoms with Crippen molar-refractivity contribution in [2.24, 2.45) is 0 Å². The molecule has 0 saturated heterocycles. The molecule has 0 fully saturated rings. The first-order chi connectivity index (χ1) is 13.8. The Labute approximate surface area is 159 Å². The molecule has 7 nitrogen and oxygen atoms in total. The van der Waals surface area contributed by atoms with Crippen LogP contribution in [0.25, 0.3) is 22.2 Å².